The Morgan fingerprint density at radius 1 is 1.20 bits per heavy atom. The Balaban J connectivity index is 2.37. The van der Waals surface area contributed by atoms with Gasteiger partial charge in [-0.25, -0.2) is 0 Å². The molecular formula is C13H15Cl3N4. The van der Waals surface area contributed by atoms with Crippen LogP contribution in [0.5, 0.6) is 0 Å². The van der Waals surface area contributed by atoms with Crippen molar-refractivity contribution in [2.45, 2.75) is 19.8 Å². The summed E-state index contributed by atoms with van der Waals surface area (Å²) in [4.78, 5) is 0. The van der Waals surface area contributed by atoms with Crippen molar-refractivity contribution in [3.8, 4) is 0 Å². The first-order chi connectivity index (χ1) is 9.43. The molecule has 108 valence electrons. The van der Waals surface area contributed by atoms with Crippen LogP contribution in [0.3, 0.4) is 0 Å². The van der Waals surface area contributed by atoms with Crippen LogP contribution in [0, 0.1) is 0 Å². The van der Waals surface area contributed by atoms with Crippen molar-refractivity contribution < 1.29 is 0 Å². The Morgan fingerprint density at radius 3 is 2.50 bits per heavy atom. The average molecular weight is 334 g/mol. The number of nitrogen functional groups attached to an aromatic ring is 1. The largest absolute Gasteiger partial charge is 0.394 e. The second kappa shape index (κ2) is 6.12. The lowest BCUT2D eigenvalue weighted by Crippen LogP contribution is -2.01. The topological polar surface area (TPSA) is 55.9 Å². The van der Waals surface area contributed by atoms with Gasteiger partial charge in [0.1, 0.15) is 0 Å². The minimum atomic E-state index is 0.409. The fraction of sp³-hybridized carbons (Fsp3) is 0.308. The maximum Gasteiger partial charge on any atom is 0.152 e. The number of halogens is 3. The highest BCUT2D eigenvalue weighted by atomic mass is 35.5. The summed E-state index contributed by atoms with van der Waals surface area (Å²) >= 11 is 18.1. The van der Waals surface area contributed by atoms with E-state index in [1.165, 1.54) is 0 Å². The van der Waals surface area contributed by atoms with E-state index < -0.39 is 0 Å². The summed E-state index contributed by atoms with van der Waals surface area (Å²) in [6, 6.07) is 3.26. The zero-order valence-electron chi connectivity index (χ0n) is 11.2. The predicted molar refractivity (Wildman–Crippen MR) is 86.4 cm³/mol. The van der Waals surface area contributed by atoms with E-state index in [0.29, 0.717) is 32.3 Å². The summed E-state index contributed by atoms with van der Waals surface area (Å²) in [6.45, 7) is 2.08. The number of anilines is 3. The van der Waals surface area contributed by atoms with Crippen molar-refractivity contribution in [2.24, 2.45) is 7.05 Å². The van der Waals surface area contributed by atoms with Crippen LogP contribution in [0.15, 0.2) is 12.1 Å². The SMILES string of the molecule is CCCc1nn(C)c(Nc2cc(Cl)c(Cl)cc2Cl)c1N. The molecule has 7 heteroatoms. The maximum absolute atomic E-state index is 6.15. The normalized spacial score (nSPS) is 10.8. The molecule has 3 N–H and O–H groups in total. The van der Waals surface area contributed by atoms with Gasteiger partial charge in [-0.05, 0) is 18.6 Å². The van der Waals surface area contributed by atoms with Gasteiger partial charge in [0.25, 0.3) is 0 Å². The van der Waals surface area contributed by atoms with E-state index in [-0.39, 0.29) is 0 Å². The first-order valence-corrected chi connectivity index (χ1v) is 7.30. The molecule has 0 bridgehead atoms. The molecular weight excluding hydrogens is 319 g/mol. The number of nitrogens with one attached hydrogen (secondary N) is 1. The molecule has 0 amide bonds. The molecule has 0 spiro atoms. The van der Waals surface area contributed by atoms with Gasteiger partial charge in [-0.1, -0.05) is 48.1 Å². The van der Waals surface area contributed by atoms with E-state index >= 15 is 0 Å². The Hall–Kier alpha value is -1.10. The third kappa shape index (κ3) is 2.97. The van der Waals surface area contributed by atoms with Crippen LogP contribution in [-0.2, 0) is 13.5 Å². The van der Waals surface area contributed by atoms with Gasteiger partial charge in [0.2, 0.25) is 0 Å². The average Bonchev–Trinajstić information content (AvgIpc) is 2.64. The molecule has 2 rings (SSSR count). The minimum Gasteiger partial charge on any atom is -0.394 e. The zero-order chi connectivity index (χ0) is 14.9. The Labute approximate surface area is 132 Å². The molecule has 0 aliphatic heterocycles. The van der Waals surface area contributed by atoms with Crippen LogP contribution < -0.4 is 11.1 Å². The third-order valence-electron chi connectivity index (χ3n) is 2.91. The zero-order valence-corrected chi connectivity index (χ0v) is 13.4. The smallest absolute Gasteiger partial charge is 0.152 e. The number of hydrogen-bond acceptors (Lipinski definition) is 3. The standard InChI is InChI=1S/C13H15Cl3N4/c1-3-4-10-12(17)13(20(2)19-10)18-11-6-8(15)7(14)5-9(11)16/h5-6,18H,3-4,17H2,1-2H3. The van der Waals surface area contributed by atoms with Crippen molar-refractivity contribution in [1.82, 2.24) is 9.78 Å². The van der Waals surface area contributed by atoms with Crippen LogP contribution in [0.4, 0.5) is 17.2 Å². The monoisotopic (exact) mass is 332 g/mol. The second-order valence-corrected chi connectivity index (χ2v) is 5.68. The highest BCUT2D eigenvalue weighted by Gasteiger charge is 2.14. The number of aromatic nitrogens is 2. The summed E-state index contributed by atoms with van der Waals surface area (Å²) < 4.78 is 1.69. The fourth-order valence-electron chi connectivity index (χ4n) is 1.91. The third-order valence-corrected chi connectivity index (χ3v) is 3.95. The number of nitrogens with two attached hydrogens (primary N) is 1. The van der Waals surface area contributed by atoms with E-state index in [0.717, 1.165) is 18.5 Å². The maximum atomic E-state index is 6.15. The number of aryl methyl sites for hydroxylation is 2. The molecule has 2 aromatic rings. The molecule has 0 fully saturated rings. The van der Waals surface area contributed by atoms with Crippen molar-refractivity contribution in [3.05, 3.63) is 32.9 Å². The van der Waals surface area contributed by atoms with Gasteiger partial charge in [0, 0.05) is 7.05 Å². The van der Waals surface area contributed by atoms with Crippen molar-refractivity contribution in [1.29, 1.82) is 0 Å². The molecule has 1 aromatic carbocycles. The molecule has 0 aliphatic carbocycles. The Kier molecular flexibility index (Phi) is 4.68. The van der Waals surface area contributed by atoms with E-state index in [1.54, 1.807) is 16.8 Å². The van der Waals surface area contributed by atoms with Crippen molar-refractivity contribution in [3.63, 3.8) is 0 Å². The van der Waals surface area contributed by atoms with E-state index in [2.05, 4.69) is 17.3 Å². The fourth-order valence-corrected chi connectivity index (χ4v) is 2.51. The van der Waals surface area contributed by atoms with Gasteiger partial charge in [-0.2, -0.15) is 5.10 Å². The van der Waals surface area contributed by atoms with E-state index in [4.69, 9.17) is 40.5 Å². The first-order valence-electron chi connectivity index (χ1n) is 6.17. The molecule has 0 unspecified atom stereocenters. The first kappa shape index (κ1) is 15.3. The van der Waals surface area contributed by atoms with Crippen molar-refractivity contribution in [2.75, 3.05) is 11.1 Å². The van der Waals surface area contributed by atoms with Gasteiger partial charge >= 0.3 is 0 Å². The van der Waals surface area contributed by atoms with E-state index in [9.17, 15) is 0 Å². The molecule has 0 atom stereocenters. The lowest BCUT2D eigenvalue weighted by Gasteiger charge is -2.10. The second-order valence-electron chi connectivity index (χ2n) is 4.45. The van der Waals surface area contributed by atoms with Crippen LogP contribution in [0.1, 0.15) is 19.0 Å². The van der Waals surface area contributed by atoms with Crippen LogP contribution in [-0.4, -0.2) is 9.78 Å². The number of benzene rings is 1. The number of hydrogen-bond donors (Lipinski definition) is 2. The highest BCUT2D eigenvalue weighted by molar-refractivity contribution is 6.44. The minimum absolute atomic E-state index is 0.409. The number of nitrogens with zero attached hydrogens (tertiary/aromatic N) is 2. The lowest BCUT2D eigenvalue weighted by molar-refractivity contribution is 0.740. The van der Waals surface area contributed by atoms with Gasteiger partial charge in [-0.3, -0.25) is 4.68 Å². The number of rotatable bonds is 4. The summed E-state index contributed by atoms with van der Waals surface area (Å²) in [5.41, 5.74) is 8.24. The van der Waals surface area contributed by atoms with Crippen LogP contribution in [0.25, 0.3) is 0 Å². The van der Waals surface area contributed by atoms with Crippen LogP contribution in [0.2, 0.25) is 15.1 Å². The lowest BCUT2D eigenvalue weighted by atomic mass is 10.2. The molecule has 20 heavy (non-hydrogen) atoms. The van der Waals surface area contributed by atoms with Gasteiger partial charge in [-0.15, -0.1) is 0 Å². The van der Waals surface area contributed by atoms with Gasteiger partial charge < -0.3 is 11.1 Å². The van der Waals surface area contributed by atoms with Gasteiger partial charge in [0.15, 0.2) is 5.82 Å². The molecule has 0 saturated heterocycles. The molecule has 1 aromatic heterocycles. The summed E-state index contributed by atoms with van der Waals surface area (Å²) in [7, 11) is 1.82. The highest BCUT2D eigenvalue weighted by Crippen LogP contribution is 2.35. The molecule has 4 nitrogen and oxygen atoms in total. The molecule has 0 saturated carbocycles. The van der Waals surface area contributed by atoms with Crippen molar-refractivity contribution >= 4 is 52.0 Å². The summed E-state index contributed by atoms with van der Waals surface area (Å²) in [6.07, 6.45) is 1.81. The quantitative estimate of drug-likeness (QED) is 0.800. The molecule has 0 aliphatic rings. The van der Waals surface area contributed by atoms with Gasteiger partial charge in [0.05, 0.1) is 32.1 Å². The molecule has 0 radical (unpaired) electrons. The van der Waals surface area contributed by atoms with Crippen LogP contribution >= 0.6 is 34.8 Å². The molecule has 1 heterocycles. The summed E-state index contributed by atoms with van der Waals surface area (Å²) in [5, 5.41) is 8.85. The Bertz CT molecular complexity index is 637. The van der Waals surface area contributed by atoms with E-state index in [1.807, 2.05) is 7.05 Å². The summed E-state index contributed by atoms with van der Waals surface area (Å²) in [5.74, 6) is 0.689. The predicted octanol–water partition coefficient (Wildman–Crippen LogP) is 4.66. The Morgan fingerprint density at radius 2 is 1.85 bits per heavy atom.